The fraction of sp³-hybridized carbons (Fsp3) is 0.726. The van der Waals surface area contributed by atoms with E-state index in [1.54, 1.807) is 0 Å². The van der Waals surface area contributed by atoms with Crippen LogP contribution in [-0.2, 0) is 27.9 Å². The monoisotopic (exact) mass is 1180 g/mol. The number of hydrogen-bond acceptors (Lipinski definition) is 7. The maximum Gasteiger partial charge on any atom is 0.306 e. The second-order valence-electron chi connectivity index (χ2n) is 23.9. The van der Waals surface area contributed by atoms with Crippen molar-refractivity contribution in [1.29, 1.82) is 0 Å². The molecule has 0 spiro atoms. The minimum atomic E-state index is -4.72. The normalized spacial score (nSPS) is 14.3. The summed E-state index contributed by atoms with van der Waals surface area (Å²) in [6.07, 6.45) is 84.8. The maximum absolute atomic E-state index is 13.6. The summed E-state index contributed by atoms with van der Waals surface area (Å²) >= 11 is 0. The number of phosphoric ester groups is 1. The molecule has 83 heavy (non-hydrogen) atoms. The topological polar surface area (TPSA) is 114 Å². The van der Waals surface area contributed by atoms with E-state index in [2.05, 4.69) is 123 Å². The fourth-order valence-corrected chi connectivity index (χ4v) is 10.2. The van der Waals surface area contributed by atoms with Crippen molar-refractivity contribution in [3.63, 3.8) is 0 Å². The number of ether oxygens (including phenoxy) is 1. The predicted octanol–water partition coefficient (Wildman–Crippen LogP) is 21.0. The quantitative estimate of drug-likeness (QED) is 0.0212. The van der Waals surface area contributed by atoms with Gasteiger partial charge in [-0.05, 0) is 115 Å². The molecule has 0 saturated carbocycles. The molecule has 0 aliphatic heterocycles. The average Bonchev–Trinajstić information content (AvgIpc) is 3.46. The highest BCUT2D eigenvalue weighted by Gasteiger charge is 2.27. The molecule has 0 radical (unpaired) electrons. The summed E-state index contributed by atoms with van der Waals surface area (Å²) in [4.78, 5) is 40.2. The number of nitrogens with one attached hydrogen (secondary N) is 1. The maximum atomic E-state index is 13.6. The van der Waals surface area contributed by atoms with E-state index >= 15 is 0 Å². The first kappa shape index (κ1) is 79.7. The number of rotatable bonds is 61. The van der Waals surface area contributed by atoms with Crippen molar-refractivity contribution >= 4 is 19.7 Å². The van der Waals surface area contributed by atoms with Crippen LogP contribution >= 0.6 is 7.82 Å². The Bertz CT molecular complexity index is 1790. The number of carbonyl (C=O) groups excluding carboxylic acids is 2. The highest BCUT2D eigenvalue weighted by molar-refractivity contribution is 7.45. The summed E-state index contributed by atoms with van der Waals surface area (Å²) in [5.41, 5.74) is 0. The van der Waals surface area contributed by atoms with Gasteiger partial charge in [-0.3, -0.25) is 14.2 Å². The van der Waals surface area contributed by atoms with Crippen LogP contribution in [0.4, 0.5) is 0 Å². The minimum Gasteiger partial charge on any atom is -0.756 e. The van der Waals surface area contributed by atoms with Crippen LogP contribution in [0.2, 0.25) is 0 Å². The minimum absolute atomic E-state index is 0.0328. The average molecular weight is 1180 g/mol. The van der Waals surface area contributed by atoms with Crippen LogP contribution in [-0.4, -0.2) is 69.4 Å². The van der Waals surface area contributed by atoms with E-state index in [4.69, 9.17) is 13.8 Å². The zero-order valence-corrected chi connectivity index (χ0v) is 55.5. The molecule has 478 valence electrons. The number of allylic oxidation sites excluding steroid dienone is 17. The Kier molecular flexibility index (Phi) is 59.3. The van der Waals surface area contributed by atoms with Gasteiger partial charge in [0.15, 0.2) is 0 Å². The zero-order valence-electron chi connectivity index (χ0n) is 54.6. The number of phosphoric acid groups is 1. The number of nitrogens with zero attached hydrogens (tertiary/aromatic N) is 1. The highest BCUT2D eigenvalue weighted by atomic mass is 31.2. The van der Waals surface area contributed by atoms with Crippen LogP contribution in [0.25, 0.3) is 0 Å². The molecule has 0 bridgehead atoms. The molecule has 0 aliphatic rings. The second-order valence-corrected chi connectivity index (χ2v) is 25.4. The van der Waals surface area contributed by atoms with Gasteiger partial charge < -0.3 is 28.5 Å². The number of likely N-dealkylation sites (N-methyl/N-ethyl adjacent to an activating group) is 1. The van der Waals surface area contributed by atoms with Gasteiger partial charge in [-0.25, -0.2) is 0 Å². The Morgan fingerprint density at radius 2 is 0.771 bits per heavy atom. The highest BCUT2D eigenvalue weighted by Crippen LogP contribution is 2.38. The smallest absolute Gasteiger partial charge is 0.306 e. The lowest BCUT2D eigenvalue weighted by atomic mass is 10.0. The van der Waals surface area contributed by atoms with E-state index in [-0.39, 0.29) is 31.3 Å². The van der Waals surface area contributed by atoms with Crippen LogP contribution in [0.1, 0.15) is 290 Å². The molecule has 0 aromatic rings. The van der Waals surface area contributed by atoms with Gasteiger partial charge in [0.2, 0.25) is 5.91 Å². The Labute approximate surface area is 512 Å². The number of unbranched alkanes of at least 4 members (excludes halogenated alkanes) is 29. The van der Waals surface area contributed by atoms with Gasteiger partial charge >= 0.3 is 5.97 Å². The van der Waals surface area contributed by atoms with Gasteiger partial charge in [0.1, 0.15) is 19.3 Å². The lowest BCUT2D eigenvalue weighted by Crippen LogP contribution is -2.47. The third-order valence-electron chi connectivity index (χ3n) is 14.7. The van der Waals surface area contributed by atoms with Crippen molar-refractivity contribution in [3.8, 4) is 0 Å². The van der Waals surface area contributed by atoms with Gasteiger partial charge in [0.05, 0.1) is 33.8 Å². The van der Waals surface area contributed by atoms with Crippen molar-refractivity contribution in [1.82, 2.24) is 5.32 Å². The molecule has 0 aromatic carbocycles. The first-order valence-corrected chi connectivity index (χ1v) is 35.7. The number of quaternary nitrogens is 1. The first-order valence-electron chi connectivity index (χ1n) is 34.2. The summed E-state index contributed by atoms with van der Waals surface area (Å²) < 4.78 is 30.4. The SMILES string of the molecule is CC/C=C\C/C=C\C/C=C\C/C=C\C/C=C\C/C=C\CCCCCCC(=O)NC(COP(=O)([O-])OCC[N+](C)(C)C)C(/C=C/CCCCCCCCCCCCC)OC(=O)CCCCCCCCCCCCC/C=C\C/C=C\CCCCC. The molecule has 9 nitrogen and oxygen atoms in total. The number of hydrogen-bond donors (Lipinski definition) is 1. The van der Waals surface area contributed by atoms with E-state index in [1.807, 2.05) is 33.3 Å². The van der Waals surface area contributed by atoms with Crippen LogP contribution in [0.15, 0.2) is 109 Å². The molecule has 3 atom stereocenters. The Balaban J connectivity index is 5.24. The van der Waals surface area contributed by atoms with Crippen molar-refractivity contribution in [2.24, 2.45) is 0 Å². The lowest BCUT2D eigenvalue weighted by molar-refractivity contribution is -0.870. The van der Waals surface area contributed by atoms with Gasteiger partial charge in [0.25, 0.3) is 7.82 Å². The van der Waals surface area contributed by atoms with Crippen LogP contribution < -0.4 is 10.2 Å². The largest absolute Gasteiger partial charge is 0.756 e. The van der Waals surface area contributed by atoms with Gasteiger partial charge in [-0.15, -0.1) is 0 Å². The van der Waals surface area contributed by atoms with E-state index in [9.17, 15) is 19.0 Å². The predicted molar refractivity (Wildman–Crippen MR) is 357 cm³/mol. The molecule has 3 unspecified atom stereocenters. The zero-order chi connectivity index (χ0) is 60.7. The van der Waals surface area contributed by atoms with Crippen molar-refractivity contribution in [2.45, 2.75) is 303 Å². The number of amides is 1. The van der Waals surface area contributed by atoms with Crippen LogP contribution in [0.5, 0.6) is 0 Å². The Morgan fingerprint density at radius 3 is 1.18 bits per heavy atom. The van der Waals surface area contributed by atoms with E-state index in [1.165, 1.54) is 135 Å². The summed E-state index contributed by atoms with van der Waals surface area (Å²) in [5.74, 6) is -0.572. The van der Waals surface area contributed by atoms with E-state index in [0.29, 0.717) is 17.4 Å². The van der Waals surface area contributed by atoms with Gasteiger partial charge in [0, 0.05) is 12.8 Å². The lowest BCUT2D eigenvalue weighted by Gasteiger charge is -2.30. The molecule has 10 heteroatoms. The molecular weight excluding hydrogens is 1050 g/mol. The number of carbonyl (C=O) groups is 2. The molecule has 0 fully saturated rings. The molecule has 0 heterocycles. The Hall–Kier alpha value is -3.33. The second kappa shape index (κ2) is 61.7. The van der Waals surface area contributed by atoms with Crippen LogP contribution in [0, 0.1) is 0 Å². The third-order valence-corrected chi connectivity index (χ3v) is 15.7. The molecular formula is C73H129N2O7P. The summed E-state index contributed by atoms with van der Waals surface area (Å²) in [7, 11) is 1.16. The van der Waals surface area contributed by atoms with Crippen molar-refractivity contribution in [2.75, 3.05) is 40.9 Å². The Morgan fingerprint density at radius 1 is 0.434 bits per heavy atom. The number of esters is 1. The van der Waals surface area contributed by atoms with Crippen molar-refractivity contribution in [3.05, 3.63) is 109 Å². The summed E-state index contributed by atoms with van der Waals surface area (Å²) in [5, 5.41) is 3.02. The van der Waals surface area contributed by atoms with Gasteiger partial charge in [-0.2, -0.15) is 0 Å². The standard InChI is InChI=1S/C73H129N2O7P/c1-7-10-13-16-19-22-25-28-30-32-34-36-37-39-40-42-44-47-50-53-56-59-62-65-72(76)74-70(69-81-83(78,79)80-68-67-75(4,5)6)71(64-61-58-55-52-49-46-27-24-21-18-15-12-9-3)82-73(77)66-63-60-57-54-51-48-45-43-41-38-35-33-31-29-26-23-20-17-14-11-8-2/h10,13,19-20,22-23,28-31,34,36,39-40,44,47,61,64,70-71H,7-9,11-12,14-18,21,24-27,32-33,35,37-38,41-43,45-46,48-60,62-63,65-69H2,1-6H3,(H-,74,76,78,79)/b13-10-,22-19-,23-20-,30-28-,31-29-,36-34-,40-39-,47-44-,64-61+. The summed E-state index contributed by atoms with van der Waals surface area (Å²) in [6, 6.07) is -0.911. The van der Waals surface area contributed by atoms with Crippen LogP contribution in [0.3, 0.4) is 0 Å². The van der Waals surface area contributed by atoms with E-state index < -0.39 is 26.6 Å². The third kappa shape index (κ3) is 63.0. The molecule has 0 aromatic heterocycles. The van der Waals surface area contributed by atoms with E-state index in [0.717, 1.165) is 116 Å². The fourth-order valence-electron chi connectivity index (χ4n) is 9.44. The molecule has 0 rings (SSSR count). The molecule has 0 aliphatic carbocycles. The first-order chi connectivity index (χ1) is 40.4. The summed E-state index contributed by atoms with van der Waals surface area (Å²) in [6.45, 7) is 6.70. The molecule has 1 N–H and O–H groups in total. The van der Waals surface area contributed by atoms with Crippen molar-refractivity contribution < 1.29 is 37.3 Å². The molecule has 1 amide bonds. The van der Waals surface area contributed by atoms with Gasteiger partial charge in [-0.1, -0.05) is 272 Å². The molecule has 0 saturated heterocycles.